The molecule has 0 amide bonds. The molecule has 0 saturated heterocycles. The minimum absolute atomic E-state index is 0.000224. The first-order chi connectivity index (χ1) is 21.7. The maximum Gasteiger partial charge on any atom is 0.171 e. The van der Waals surface area contributed by atoms with Gasteiger partial charge in [-0.15, -0.1) is 0 Å². The van der Waals surface area contributed by atoms with E-state index in [4.69, 9.17) is 18.9 Å². The maximum absolute atomic E-state index is 14.7. The van der Waals surface area contributed by atoms with Gasteiger partial charge in [0.15, 0.2) is 32.8 Å². The molecule has 9 heteroatoms. The van der Waals surface area contributed by atoms with Gasteiger partial charge in [-0.3, -0.25) is 0 Å². The lowest BCUT2D eigenvalue weighted by Gasteiger charge is -2.22. The van der Waals surface area contributed by atoms with Crippen molar-refractivity contribution in [2.24, 2.45) is 0 Å². The van der Waals surface area contributed by atoms with Crippen LogP contribution in [0.3, 0.4) is 0 Å². The smallest absolute Gasteiger partial charge is 0.171 e. The van der Waals surface area contributed by atoms with E-state index >= 15 is 0 Å². The van der Waals surface area contributed by atoms with Crippen molar-refractivity contribution in [3.05, 3.63) is 119 Å². The fraction of sp³-hybridized carbons (Fsp3) is 0.222. The number of benzene rings is 4. The molecule has 0 saturated carbocycles. The standard InChI is InChI=1S/C36H38O8S/c1-5-43-33-23-25(7-19-31(33)37)9-21-35(27-11-15-29(41-3)16-12-27)45(39,40)36(28-13-17-30(42-4)18-14-28)22-10-26-8-20-32(38)34(24-26)44-6-2/h7-24,35-38H,5-6H2,1-4H3/b21-9+,22-10+. The van der Waals surface area contributed by atoms with E-state index in [2.05, 4.69) is 0 Å². The number of aromatic hydroxyl groups is 2. The second kappa shape index (κ2) is 15.2. The molecule has 0 aromatic heterocycles. The number of phenols is 2. The molecule has 0 radical (unpaired) electrons. The number of methoxy groups -OCH3 is 2. The quantitative estimate of drug-likeness (QED) is 0.147. The first-order valence-corrected chi connectivity index (χ1v) is 16.1. The summed E-state index contributed by atoms with van der Waals surface area (Å²) < 4.78 is 51.1. The second-order valence-electron chi connectivity index (χ2n) is 10.0. The first kappa shape index (κ1) is 33.0. The Morgan fingerprint density at radius 1 is 0.622 bits per heavy atom. The van der Waals surface area contributed by atoms with Gasteiger partial charge in [-0.2, -0.15) is 0 Å². The lowest BCUT2D eigenvalue weighted by Crippen LogP contribution is -2.19. The van der Waals surface area contributed by atoms with Crippen molar-refractivity contribution >= 4 is 22.0 Å². The molecule has 0 heterocycles. The fourth-order valence-electron chi connectivity index (χ4n) is 4.77. The molecule has 4 rings (SSSR count). The lowest BCUT2D eigenvalue weighted by atomic mass is 10.1. The fourth-order valence-corrected chi connectivity index (χ4v) is 6.76. The van der Waals surface area contributed by atoms with E-state index in [9.17, 15) is 18.6 Å². The van der Waals surface area contributed by atoms with Gasteiger partial charge in [-0.1, -0.05) is 60.7 Å². The van der Waals surface area contributed by atoms with E-state index in [-0.39, 0.29) is 11.5 Å². The van der Waals surface area contributed by atoms with E-state index in [1.807, 2.05) is 13.8 Å². The summed E-state index contributed by atoms with van der Waals surface area (Å²) in [5.41, 5.74) is 2.42. The molecular formula is C36H38O8S. The summed E-state index contributed by atoms with van der Waals surface area (Å²) in [5.74, 6) is 1.82. The molecule has 0 aliphatic heterocycles. The van der Waals surface area contributed by atoms with Gasteiger partial charge >= 0.3 is 0 Å². The zero-order valence-corrected chi connectivity index (χ0v) is 26.5. The molecular weight excluding hydrogens is 592 g/mol. The van der Waals surface area contributed by atoms with Gasteiger partial charge in [0.05, 0.1) is 27.4 Å². The second-order valence-corrected chi connectivity index (χ2v) is 12.2. The third kappa shape index (κ3) is 8.19. The molecule has 8 nitrogen and oxygen atoms in total. The molecule has 2 N–H and O–H groups in total. The number of phenolic OH excluding ortho intramolecular Hbond substituents is 2. The molecule has 2 unspecified atom stereocenters. The van der Waals surface area contributed by atoms with Gasteiger partial charge in [0, 0.05) is 0 Å². The molecule has 0 aliphatic carbocycles. The summed E-state index contributed by atoms with van der Waals surface area (Å²) in [4.78, 5) is 0. The van der Waals surface area contributed by atoms with Crippen molar-refractivity contribution < 1.29 is 37.6 Å². The Morgan fingerprint density at radius 3 is 1.33 bits per heavy atom. The SMILES string of the molecule is CCOc1cc(/C=C/C(c2ccc(OC)cc2)S(=O)(=O)C(/C=C/c2ccc(O)c(OCC)c2)c2ccc(OC)cc2)ccc1O. The molecule has 0 aliphatic rings. The summed E-state index contributed by atoms with van der Waals surface area (Å²) in [7, 11) is -0.922. The zero-order chi connectivity index (χ0) is 32.4. The van der Waals surface area contributed by atoms with Crippen LogP contribution >= 0.6 is 0 Å². The average molecular weight is 631 g/mol. The topological polar surface area (TPSA) is 112 Å². The lowest BCUT2D eigenvalue weighted by molar-refractivity contribution is 0.318. The average Bonchev–Trinajstić information content (AvgIpc) is 3.04. The summed E-state index contributed by atoms with van der Waals surface area (Å²) in [6.45, 7) is 4.37. The van der Waals surface area contributed by atoms with Crippen LogP contribution in [0, 0.1) is 0 Å². The van der Waals surface area contributed by atoms with Gasteiger partial charge in [-0.25, -0.2) is 8.42 Å². The molecule has 4 aromatic carbocycles. The third-order valence-corrected chi connectivity index (χ3v) is 9.37. The number of sulfone groups is 1. The van der Waals surface area contributed by atoms with Crippen LogP contribution in [0.15, 0.2) is 97.1 Å². The van der Waals surface area contributed by atoms with Gasteiger partial charge in [0.2, 0.25) is 0 Å². The van der Waals surface area contributed by atoms with E-state index in [1.54, 1.807) is 111 Å². The van der Waals surface area contributed by atoms with Crippen molar-refractivity contribution in [2.45, 2.75) is 24.3 Å². The van der Waals surface area contributed by atoms with E-state index in [0.29, 0.717) is 58.5 Å². The Hall–Kier alpha value is -4.89. The van der Waals surface area contributed by atoms with E-state index in [0.717, 1.165) is 0 Å². The Morgan fingerprint density at radius 2 is 1.00 bits per heavy atom. The zero-order valence-electron chi connectivity index (χ0n) is 25.7. The summed E-state index contributed by atoms with van der Waals surface area (Å²) in [6, 6.07) is 23.6. The monoisotopic (exact) mass is 630 g/mol. The summed E-state index contributed by atoms with van der Waals surface area (Å²) in [6.07, 6.45) is 6.68. The van der Waals surface area contributed by atoms with Crippen LogP contribution in [-0.2, 0) is 9.84 Å². The van der Waals surface area contributed by atoms with Crippen LogP contribution in [0.25, 0.3) is 12.2 Å². The Labute approximate surface area is 264 Å². The van der Waals surface area contributed by atoms with Crippen LogP contribution in [0.1, 0.15) is 46.6 Å². The summed E-state index contributed by atoms with van der Waals surface area (Å²) >= 11 is 0. The predicted molar refractivity (Wildman–Crippen MR) is 177 cm³/mol. The van der Waals surface area contributed by atoms with Crippen LogP contribution < -0.4 is 18.9 Å². The van der Waals surface area contributed by atoms with Gasteiger partial charge in [-0.05, 0) is 84.6 Å². The number of rotatable bonds is 14. The molecule has 4 aromatic rings. The highest BCUT2D eigenvalue weighted by Crippen LogP contribution is 2.39. The minimum Gasteiger partial charge on any atom is -0.504 e. The molecule has 0 fully saturated rings. The van der Waals surface area contributed by atoms with E-state index in [1.165, 1.54) is 12.1 Å². The predicted octanol–water partition coefficient (Wildman–Crippen LogP) is 7.54. The highest BCUT2D eigenvalue weighted by atomic mass is 32.2. The number of hydrogen-bond donors (Lipinski definition) is 2. The van der Waals surface area contributed by atoms with Crippen LogP contribution in [0.5, 0.6) is 34.5 Å². The number of hydrogen-bond acceptors (Lipinski definition) is 8. The van der Waals surface area contributed by atoms with Crippen molar-refractivity contribution in [2.75, 3.05) is 27.4 Å². The van der Waals surface area contributed by atoms with Crippen molar-refractivity contribution in [1.29, 1.82) is 0 Å². The summed E-state index contributed by atoms with van der Waals surface area (Å²) in [5, 5.41) is 18.2. The van der Waals surface area contributed by atoms with E-state index < -0.39 is 20.3 Å². The van der Waals surface area contributed by atoms with Crippen LogP contribution in [0.2, 0.25) is 0 Å². The largest absolute Gasteiger partial charge is 0.504 e. The molecule has 236 valence electrons. The van der Waals surface area contributed by atoms with Crippen molar-refractivity contribution in [3.63, 3.8) is 0 Å². The minimum atomic E-state index is -4.02. The van der Waals surface area contributed by atoms with Gasteiger partial charge in [0.1, 0.15) is 22.0 Å². The first-order valence-electron chi connectivity index (χ1n) is 14.5. The Kier molecular flexibility index (Phi) is 11.2. The maximum atomic E-state index is 14.7. The van der Waals surface area contributed by atoms with Crippen LogP contribution in [-0.4, -0.2) is 46.1 Å². The molecule has 0 spiro atoms. The Balaban J connectivity index is 1.84. The molecule has 45 heavy (non-hydrogen) atoms. The highest BCUT2D eigenvalue weighted by Gasteiger charge is 2.33. The molecule has 0 bridgehead atoms. The van der Waals surface area contributed by atoms with Gasteiger partial charge < -0.3 is 29.2 Å². The molecule has 2 atom stereocenters. The van der Waals surface area contributed by atoms with Crippen molar-refractivity contribution in [1.82, 2.24) is 0 Å². The third-order valence-electron chi connectivity index (χ3n) is 7.09. The Bertz CT molecular complexity index is 1600. The van der Waals surface area contributed by atoms with Crippen LogP contribution in [0.4, 0.5) is 0 Å². The van der Waals surface area contributed by atoms with Gasteiger partial charge in [0.25, 0.3) is 0 Å². The number of ether oxygens (including phenoxy) is 4. The normalized spacial score (nSPS) is 13.1. The van der Waals surface area contributed by atoms with Crippen molar-refractivity contribution in [3.8, 4) is 34.5 Å². The highest BCUT2D eigenvalue weighted by molar-refractivity contribution is 7.92.